The molecule has 0 fully saturated rings. The Morgan fingerprint density at radius 3 is 2.23 bits per heavy atom. The van der Waals surface area contributed by atoms with Crippen LogP contribution in [0.1, 0.15) is 6.92 Å². The molecule has 0 unspecified atom stereocenters. The Kier molecular flexibility index (Phi) is 3.82. The maximum Gasteiger partial charge on any atom is 0.115 e. The van der Waals surface area contributed by atoms with E-state index in [2.05, 4.69) is 10.3 Å². The molecule has 1 aromatic rings. The van der Waals surface area contributed by atoms with Crippen LogP contribution >= 0.6 is 0 Å². The van der Waals surface area contributed by atoms with Crippen LogP contribution in [0.3, 0.4) is 0 Å². The third-order valence-corrected chi connectivity index (χ3v) is 1.60. The number of phenolic OH excluding ortho intramolecular Hbond substituents is 1. The first-order valence-corrected chi connectivity index (χ1v) is 4.28. The highest BCUT2D eigenvalue weighted by Gasteiger charge is 1.93. The Bertz CT molecular complexity index is 270. The van der Waals surface area contributed by atoms with Crippen molar-refractivity contribution >= 4 is 5.84 Å². The van der Waals surface area contributed by atoms with Crippen LogP contribution in [-0.2, 0) is 0 Å². The van der Waals surface area contributed by atoms with Gasteiger partial charge in [0.25, 0.3) is 0 Å². The number of hydrogen-bond donors (Lipinski definition) is 2. The van der Waals surface area contributed by atoms with Crippen molar-refractivity contribution in [3.8, 4) is 5.75 Å². The molecule has 70 valence electrons. The maximum absolute atomic E-state index is 8.63. The summed E-state index contributed by atoms with van der Waals surface area (Å²) in [5, 5.41) is 11.7. The van der Waals surface area contributed by atoms with E-state index in [0.29, 0.717) is 5.75 Å². The number of phenols is 1. The summed E-state index contributed by atoms with van der Waals surface area (Å²) in [5.74, 6) is 1.40. The smallest absolute Gasteiger partial charge is 0.115 e. The summed E-state index contributed by atoms with van der Waals surface area (Å²) >= 11 is 0. The number of aromatic hydroxyl groups is 1. The van der Waals surface area contributed by atoms with Gasteiger partial charge in [-0.3, -0.25) is 4.99 Å². The van der Waals surface area contributed by atoms with Gasteiger partial charge in [-0.05, 0) is 19.1 Å². The molecule has 3 heteroatoms. The van der Waals surface area contributed by atoms with Gasteiger partial charge in [0.05, 0.1) is 12.4 Å². The van der Waals surface area contributed by atoms with Crippen molar-refractivity contribution in [2.24, 2.45) is 4.99 Å². The fourth-order valence-electron chi connectivity index (χ4n) is 0.944. The van der Waals surface area contributed by atoms with E-state index in [0.717, 1.165) is 18.9 Å². The average Bonchev–Trinajstić information content (AvgIpc) is 2.58. The van der Waals surface area contributed by atoms with Crippen LogP contribution in [0.4, 0.5) is 0 Å². The number of nitrogens with zero attached hydrogens (tertiary/aromatic N) is 1. The Labute approximate surface area is 78.1 Å². The largest absolute Gasteiger partial charge is 0.508 e. The van der Waals surface area contributed by atoms with Gasteiger partial charge in [0, 0.05) is 6.54 Å². The van der Waals surface area contributed by atoms with Gasteiger partial charge in [0.1, 0.15) is 5.75 Å². The van der Waals surface area contributed by atoms with Gasteiger partial charge in [0.2, 0.25) is 0 Å². The molecule has 0 saturated heterocycles. The number of aliphatic imine (C=N–C) groups is 1. The molecule has 0 saturated carbocycles. The van der Waals surface area contributed by atoms with Crippen LogP contribution in [0.15, 0.2) is 35.3 Å². The van der Waals surface area contributed by atoms with Crippen LogP contribution in [0.2, 0.25) is 0 Å². The molecule has 0 radical (unpaired) electrons. The van der Waals surface area contributed by atoms with E-state index in [1.54, 1.807) is 24.3 Å². The van der Waals surface area contributed by atoms with Gasteiger partial charge in [-0.1, -0.05) is 18.2 Å². The van der Waals surface area contributed by atoms with Crippen LogP contribution in [0.25, 0.3) is 0 Å². The van der Waals surface area contributed by atoms with Crippen LogP contribution in [0, 0.1) is 0 Å². The summed E-state index contributed by atoms with van der Waals surface area (Å²) in [6, 6.07) is 8.71. The number of rotatable bonds is 0. The number of para-hydroxylation sites is 1. The Morgan fingerprint density at radius 1 is 1.31 bits per heavy atom. The van der Waals surface area contributed by atoms with E-state index in [4.69, 9.17) is 5.11 Å². The van der Waals surface area contributed by atoms with Crippen LogP contribution < -0.4 is 5.32 Å². The van der Waals surface area contributed by atoms with Gasteiger partial charge in [-0.15, -0.1) is 0 Å². The molecule has 3 nitrogen and oxygen atoms in total. The van der Waals surface area contributed by atoms with E-state index in [1.165, 1.54) is 0 Å². The molecule has 13 heavy (non-hydrogen) atoms. The highest BCUT2D eigenvalue weighted by molar-refractivity contribution is 5.80. The van der Waals surface area contributed by atoms with Crippen molar-refractivity contribution in [2.75, 3.05) is 13.1 Å². The van der Waals surface area contributed by atoms with E-state index >= 15 is 0 Å². The molecule has 1 aliphatic rings. The molecule has 0 atom stereocenters. The highest BCUT2D eigenvalue weighted by atomic mass is 16.3. The van der Waals surface area contributed by atoms with Crippen molar-refractivity contribution in [1.29, 1.82) is 0 Å². The minimum absolute atomic E-state index is 0.322. The predicted octanol–water partition coefficient (Wildman–Crippen LogP) is 1.40. The highest BCUT2D eigenvalue weighted by Crippen LogP contribution is 2.02. The normalized spacial score (nSPS) is 13.8. The molecule has 1 aromatic carbocycles. The Balaban J connectivity index is 0.000000132. The van der Waals surface area contributed by atoms with E-state index in [9.17, 15) is 0 Å². The summed E-state index contributed by atoms with van der Waals surface area (Å²) in [7, 11) is 0. The van der Waals surface area contributed by atoms with Crippen molar-refractivity contribution in [3.05, 3.63) is 30.3 Å². The lowest BCUT2D eigenvalue weighted by atomic mass is 10.3. The second-order valence-electron chi connectivity index (χ2n) is 2.73. The van der Waals surface area contributed by atoms with E-state index < -0.39 is 0 Å². The summed E-state index contributed by atoms with van der Waals surface area (Å²) in [6.07, 6.45) is 0. The van der Waals surface area contributed by atoms with Gasteiger partial charge < -0.3 is 10.4 Å². The third-order valence-electron chi connectivity index (χ3n) is 1.60. The van der Waals surface area contributed by atoms with Gasteiger partial charge in [0.15, 0.2) is 0 Å². The number of benzene rings is 1. The first-order chi connectivity index (χ1) is 6.29. The Morgan fingerprint density at radius 2 is 2.00 bits per heavy atom. The topological polar surface area (TPSA) is 44.6 Å². The lowest BCUT2D eigenvalue weighted by Crippen LogP contribution is -2.13. The first-order valence-electron chi connectivity index (χ1n) is 4.28. The molecular weight excluding hydrogens is 164 g/mol. The minimum atomic E-state index is 0.322. The maximum atomic E-state index is 8.63. The van der Waals surface area contributed by atoms with Gasteiger partial charge >= 0.3 is 0 Å². The molecule has 0 aromatic heterocycles. The molecule has 0 bridgehead atoms. The number of nitrogens with one attached hydrogen (secondary N) is 1. The average molecular weight is 178 g/mol. The van der Waals surface area contributed by atoms with Crippen molar-refractivity contribution in [3.63, 3.8) is 0 Å². The molecule has 1 aliphatic heterocycles. The summed E-state index contributed by atoms with van der Waals surface area (Å²) < 4.78 is 0. The molecule has 0 aliphatic carbocycles. The molecule has 1 heterocycles. The monoisotopic (exact) mass is 178 g/mol. The van der Waals surface area contributed by atoms with E-state index in [-0.39, 0.29) is 0 Å². The lowest BCUT2D eigenvalue weighted by Gasteiger charge is -1.85. The molecule has 0 spiro atoms. The van der Waals surface area contributed by atoms with Gasteiger partial charge in [-0.25, -0.2) is 0 Å². The fraction of sp³-hybridized carbons (Fsp3) is 0.300. The Hall–Kier alpha value is -1.51. The van der Waals surface area contributed by atoms with Crippen molar-refractivity contribution < 1.29 is 5.11 Å². The third kappa shape index (κ3) is 4.15. The zero-order valence-corrected chi connectivity index (χ0v) is 7.70. The SMILES string of the molecule is CC1=NCCN1.Oc1ccccc1. The summed E-state index contributed by atoms with van der Waals surface area (Å²) in [5.41, 5.74) is 0. The van der Waals surface area contributed by atoms with Gasteiger partial charge in [-0.2, -0.15) is 0 Å². The second kappa shape index (κ2) is 5.19. The summed E-state index contributed by atoms with van der Waals surface area (Å²) in [6.45, 7) is 3.98. The number of hydrogen-bond acceptors (Lipinski definition) is 3. The van der Waals surface area contributed by atoms with Crippen molar-refractivity contribution in [2.45, 2.75) is 6.92 Å². The van der Waals surface area contributed by atoms with Crippen LogP contribution in [-0.4, -0.2) is 24.0 Å². The molecular formula is C10H14N2O. The fourth-order valence-corrected chi connectivity index (χ4v) is 0.944. The van der Waals surface area contributed by atoms with Crippen LogP contribution in [0.5, 0.6) is 5.75 Å². The quantitative estimate of drug-likeness (QED) is 0.630. The molecule has 0 amide bonds. The summed E-state index contributed by atoms with van der Waals surface area (Å²) in [4.78, 5) is 4.04. The zero-order chi connectivity index (χ0) is 9.52. The second-order valence-corrected chi connectivity index (χ2v) is 2.73. The zero-order valence-electron chi connectivity index (χ0n) is 7.70. The first kappa shape index (κ1) is 9.58. The lowest BCUT2D eigenvalue weighted by molar-refractivity contribution is 0.475. The van der Waals surface area contributed by atoms with E-state index in [1.807, 2.05) is 13.0 Å². The predicted molar refractivity (Wildman–Crippen MR) is 54.1 cm³/mol. The molecule has 2 N–H and O–H groups in total. The molecule has 2 rings (SSSR count). The van der Waals surface area contributed by atoms with Crippen molar-refractivity contribution in [1.82, 2.24) is 5.32 Å². The number of amidine groups is 1. The minimum Gasteiger partial charge on any atom is -0.508 e. The standard InChI is InChI=1S/C6H6O.C4H8N2/c7-6-4-2-1-3-5-6;1-4-5-2-3-6-4/h1-5,7H;2-3H2,1H3,(H,5,6).